The fraction of sp³-hybridized carbons (Fsp3) is 0.188. The summed E-state index contributed by atoms with van der Waals surface area (Å²) < 4.78 is 30.1. The van der Waals surface area contributed by atoms with Crippen molar-refractivity contribution in [1.29, 1.82) is 0 Å². The monoisotopic (exact) mass is 278 g/mol. The van der Waals surface area contributed by atoms with E-state index in [0.29, 0.717) is 0 Å². The van der Waals surface area contributed by atoms with E-state index in [4.69, 9.17) is 0 Å². The minimum Gasteiger partial charge on any atom is -0.497 e. The molecule has 0 atom stereocenters. The molecule has 2 aromatic rings. The van der Waals surface area contributed by atoms with Crippen molar-refractivity contribution in [2.75, 3.05) is 7.11 Å². The van der Waals surface area contributed by atoms with E-state index >= 15 is 0 Å². The van der Waals surface area contributed by atoms with Crippen LogP contribution in [0.4, 0.5) is 8.78 Å². The zero-order valence-electron chi connectivity index (χ0n) is 11.6. The first kappa shape index (κ1) is 15.8. The van der Waals surface area contributed by atoms with Crippen molar-refractivity contribution < 1.29 is 18.3 Å². The fourth-order valence-electron chi connectivity index (χ4n) is 1.38. The molecule has 0 saturated heterocycles. The molecule has 106 valence electrons. The van der Waals surface area contributed by atoms with E-state index in [1.807, 2.05) is 31.2 Å². The number of carbonyl (C=O) groups is 1. The van der Waals surface area contributed by atoms with Gasteiger partial charge in [0.05, 0.1) is 7.11 Å². The lowest BCUT2D eigenvalue weighted by Crippen LogP contribution is -1.91. The van der Waals surface area contributed by atoms with Crippen molar-refractivity contribution in [2.45, 2.75) is 13.8 Å². The minimum absolute atomic E-state index is 0.0193. The molecule has 0 saturated carbocycles. The van der Waals surface area contributed by atoms with E-state index in [0.717, 1.165) is 24.0 Å². The summed E-state index contributed by atoms with van der Waals surface area (Å²) >= 11 is 0. The molecule has 0 heterocycles. The first-order chi connectivity index (χ1) is 9.47. The van der Waals surface area contributed by atoms with Gasteiger partial charge in [-0.1, -0.05) is 29.8 Å². The number of rotatable bonds is 2. The summed E-state index contributed by atoms with van der Waals surface area (Å²) in [7, 11) is 1.36. The zero-order chi connectivity index (χ0) is 15.1. The number of methoxy groups -OCH3 is 1. The van der Waals surface area contributed by atoms with Crippen molar-refractivity contribution in [1.82, 2.24) is 0 Å². The summed E-state index contributed by atoms with van der Waals surface area (Å²) in [6, 6.07) is 9.76. The number of aldehydes is 1. The van der Waals surface area contributed by atoms with Gasteiger partial charge in [0.15, 0.2) is 0 Å². The fourth-order valence-corrected chi connectivity index (χ4v) is 1.38. The van der Waals surface area contributed by atoms with Gasteiger partial charge >= 0.3 is 0 Å². The third-order valence-electron chi connectivity index (χ3n) is 2.70. The highest BCUT2D eigenvalue weighted by molar-refractivity contribution is 5.74. The van der Waals surface area contributed by atoms with Crippen LogP contribution in [-0.2, 0) is 0 Å². The van der Waals surface area contributed by atoms with Gasteiger partial charge in [-0.05, 0) is 13.8 Å². The van der Waals surface area contributed by atoms with Crippen LogP contribution in [0.3, 0.4) is 0 Å². The van der Waals surface area contributed by atoms with Crippen LogP contribution in [0.25, 0.3) is 0 Å². The third-order valence-corrected chi connectivity index (χ3v) is 2.70. The van der Waals surface area contributed by atoms with Crippen molar-refractivity contribution in [3.63, 3.8) is 0 Å². The first-order valence-corrected chi connectivity index (χ1v) is 5.99. The lowest BCUT2D eigenvalue weighted by Gasteiger charge is -2.02. The van der Waals surface area contributed by atoms with Gasteiger partial charge in [0, 0.05) is 23.3 Å². The molecule has 20 heavy (non-hydrogen) atoms. The van der Waals surface area contributed by atoms with Crippen molar-refractivity contribution in [3.05, 3.63) is 64.7 Å². The minimum atomic E-state index is -0.582. The molecule has 0 aliphatic heterocycles. The van der Waals surface area contributed by atoms with Crippen LogP contribution in [0.1, 0.15) is 21.5 Å². The summed E-state index contributed by atoms with van der Waals surface area (Å²) in [5.74, 6) is -0.964. The van der Waals surface area contributed by atoms with Gasteiger partial charge in [-0.25, -0.2) is 8.78 Å². The van der Waals surface area contributed by atoms with Crippen LogP contribution in [0.5, 0.6) is 5.75 Å². The van der Waals surface area contributed by atoms with Crippen LogP contribution in [-0.4, -0.2) is 13.4 Å². The molecule has 0 unspecified atom stereocenters. The van der Waals surface area contributed by atoms with Gasteiger partial charge in [0.25, 0.3) is 0 Å². The average Bonchev–Trinajstić information content (AvgIpc) is 2.45. The van der Waals surface area contributed by atoms with E-state index in [-0.39, 0.29) is 11.3 Å². The maximum atomic E-state index is 12.7. The van der Waals surface area contributed by atoms with Gasteiger partial charge in [-0.2, -0.15) is 0 Å². The summed E-state index contributed by atoms with van der Waals surface area (Å²) in [5.41, 5.74) is 1.94. The standard InChI is InChI=1S/C8H8F2O.C8H8O/c1-5-7(9)3-6(11-2)4-8(5)10;1-7-2-4-8(6-9)5-3-7/h3-4H,1-2H3;2-6H,1H3. The number of halogens is 2. The van der Waals surface area contributed by atoms with E-state index in [9.17, 15) is 13.6 Å². The van der Waals surface area contributed by atoms with E-state index in [1.165, 1.54) is 19.6 Å². The van der Waals surface area contributed by atoms with Crippen LogP contribution in [0.2, 0.25) is 0 Å². The van der Waals surface area contributed by atoms with Gasteiger partial charge in [-0.15, -0.1) is 0 Å². The van der Waals surface area contributed by atoms with Gasteiger partial charge < -0.3 is 4.74 Å². The molecule has 0 radical (unpaired) electrons. The highest BCUT2D eigenvalue weighted by atomic mass is 19.1. The number of hydrogen-bond donors (Lipinski definition) is 0. The molecule has 0 aliphatic rings. The summed E-state index contributed by atoms with van der Waals surface area (Å²) in [6.45, 7) is 3.37. The highest BCUT2D eigenvalue weighted by Gasteiger charge is 2.05. The molecule has 0 spiro atoms. The normalized spacial score (nSPS) is 9.45. The summed E-state index contributed by atoms with van der Waals surface area (Å²) in [4.78, 5) is 10.1. The van der Waals surface area contributed by atoms with E-state index in [2.05, 4.69) is 4.74 Å². The topological polar surface area (TPSA) is 26.3 Å². The highest BCUT2D eigenvalue weighted by Crippen LogP contribution is 2.18. The maximum Gasteiger partial charge on any atom is 0.150 e. The number of carbonyl (C=O) groups excluding carboxylic acids is 1. The molecule has 2 rings (SSSR count). The maximum absolute atomic E-state index is 12.7. The Labute approximate surface area is 117 Å². The van der Waals surface area contributed by atoms with Crippen molar-refractivity contribution in [3.8, 4) is 5.75 Å². The van der Waals surface area contributed by atoms with E-state index < -0.39 is 11.6 Å². The average molecular weight is 278 g/mol. The number of ether oxygens (including phenoxy) is 1. The van der Waals surface area contributed by atoms with Crippen LogP contribution in [0.15, 0.2) is 36.4 Å². The molecular weight excluding hydrogens is 262 g/mol. The molecule has 2 aromatic carbocycles. The second-order valence-electron chi connectivity index (χ2n) is 4.24. The molecule has 0 aliphatic carbocycles. The molecule has 0 aromatic heterocycles. The third kappa shape index (κ3) is 4.46. The number of aryl methyl sites for hydroxylation is 1. The summed E-state index contributed by atoms with van der Waals surface area (Å²) in [5, 5.41) is 0. The molecule has 2 nitrogen and oxygen atoms in total. The molecule has 0 fully saturated rings. The van der Waals surface area contributed by atoms with Gasteiger partial charge in [-0.3, -0.25) is 4.79 Å². The van der Waals surface area contributed by atoms with Crippen LogP contribution in [0, 0.1) is 25.5 Å². The van der Waals surface area contributed by atoms with Gasteiger partial charge in [0.1, 0.15) is 23.7 Å². The predicted molar refractivity (Wildman–Crippen MR) is 74.2 cm³/mol. The van der Waals surface area contributed by atoms with E-state index in [1.54, 1.807) is 0 Å². The zero-order valence-corrected chi connectivity index (χ0v) is 11.6. The van der Waals surface area contributed by atoms with Crippen molar-refractivity contribution in [2.24, 2.45) is 0 Å². The Bertz CT molecular complexity index is 555. The Morgan fingerprint density at radius 1 is 1.00 bits per heavy atom. The second-order valence-corrected chi connectivity index (χ2v) is 4.24. The Morgan fingerprint density at radius 3 is 1.90 bits per heavy atom. The largest absolute Gasteiger partial charge is 0.497 e. The summed E-state index contributed by atoms with van der Waals surface area (Å²) in [6.07, 6.45) is 0.847. The molecule has 0 bridgehead atoms. The molecule has 0 N–H and O–H groups in total. The Morgan fingerprint density at radius 2 is 1.50 bits per heavy atom. The lowest BCUT2D eigenvalue weighted by molar-refractivity contribution is 0.112. The Balaban J connectivity index is 0.000000204. The first-order valence-electron chi connectivity index (χ1n) is 5.99. The smallest absolute Gasteiger partial charge is 0.150 e. The van der Waals surface area contributed by atoms with Crippen LogP contribution >= 0.6 is 0 Å². The SMILES string of the molecule is COc1cc(F)c(C)c(F)c1.Cc1ccc(C=O)cc1. The van der Waals surface area contributed by atoms with Crippen molar-refractivity contribution >= 4 is 6.29 Å². The second kappa shape index (κ2) is 7.38. The van der Waals surface area contributed by atoms with Gasteiger partial charge in [0.2, 0.25) is 0 Å². The quantitative estimate of drug-likeness (QED) is 0.773. The predicted octanol–water partition coefficient (Wildman–Crippen LogP) is 4.09. The number of benzene rings is 2. The number of hydrogen-bond acceptors (Lipinski definition) is 2. The molecular formula is C16H16F2O2. The molecule has 0 amide bonds. The Kier molecular flexibility index (Phi) is 5.84. The Hall–Kier alpha value is -2.23. The lowest BCUT2D eigenvalue weighted by atomic mass is 10.2. The molecule has 4 heteroatoms. The van der Waals surface area contributed by atoms with Crippen LogP contribution < -0.4 is 4.74 Å².